The van der Waals surface area contributed by atoms with Crippen LogP contribution in [0.3, 0.4) is 0 Å². The quantitative estimate of drug-likeness (QED) is 0.860. The van der Waals surface area contributed by atoms with Gasteiger partial charge in [-0.2, -0.15) is 5.26 Å². The van der Waals surface area contributed by atoms with E-state index in [1.165, 1.54) is 0 Å². The van der Waals surface area contributed by atoms with Crippen LogP contribution in [-0.2, 0) is 16.0 Å². The maximum atomic E-state index is 12.4. The minimum absolute atomic E-state index is 0.0594. The van der Waals surface area contributed by atoms with E-state index < -0.39 is 0 Å². The number of carbonyl (C=O) groups is 2. The lowest BCUT2D eigenvalue weighted by molar-refractivity contribution is -0.132. The van der Waals surface area contributed by atoms with Gasteiger partial charge in [0.2, 0.25) is 11.8 Å². The van der Waals surface area contributed by atoms with Crippen molar-refractivity contribution in [3.05, 3.63) is 29.8 Å². The Morgan fingerprint density at radius 2 is 2.04 bits per heavy atom. The normalized spacial score (nSPS) is 14.8. The molecule has 6 nitrogen and oxygen atoms in total. The van der Waals surface area contributed by atoms with E-state index in [1.807, 2.05) is 35.2 Å². The van der Waals surface area contributed by atoms with Crippen LogP contribution in [0.2, 0.25) is 0 Å². The van der Waals surface area contributed by atoms with Crippen molar-refractivity contribution in [2.24, 2.45) is 0 Å². The van der Waals surface area contributed by atoms with Gasteiger partial charge in [0, 0.05) is 25.6 Å². The Kier molecular flexibility index (Phi) is 6.62. The van der Waals surface area contributed by atoms with Crippen molar-refractivity contribution < 1.29 is 14.3 Å². The van der Waals surface area contributed by atoms with Crippen LogP contribution < -0.4 is 10.1 Å². The largest absolute Gasteiger partial charge is 0.496 e. The number of amides is 2. The maximum absolute atomic E-state index is 12.4. The summed E-state index contributed by atoms with van der Waals surface area (Å²) in [6, 6.07) is 9.63. The van der Waals surface area contributed by atoms with Gasteiger partial charge in [-0.3, -0.25) is 9.59 Å². The van der Waals surface area contributed by atoms with Crippen LogP contribution in [0.25, 0.3) is 0 Å². The van der Waals surface area contributed by atoms with Crippen LogP contribution in [0, 0.1) is 11.3 Å². The SMILES string of the molecule is COc1ccccc1CCC(=O)N1CCC(NC(=O)CC#N)CC1. The first-order valence-corrected chi connectivity index (χ1v) is 8.20. The number of nitrogens with one attached hydrogen (secondary N) is 1. The number of nitriles is 1. The van der Waals surface area contributed by atoms with Crippen molar-refractivity contribution in [3.63, 3.8) is 0 Å². The summed E-state index contributed by atoms with van der Waals surface area (Å²) in [4.78, 5) is 25.6. The molecule has 1 N–H and O–H groups in total. The first-order valence-electron chi connectivity index (χ1n) is 8.20. The number of para-hydroxylation sites is 1. The molecule has 0 unspecified atom stereocenters. The molecule has 1 aromatic rings. The molecule has 128 valence electrons. The smallest absolute Gasteiger partial charge is 0.234 e. The van der Waals surface area contributed by atoms with Crippen LogP contribution in [0.4, 0.5) is 0 Å². The molecule has 24 heavy (non-hydrogen) atoms. The molecule has 1 saturated heterocycles. The van der Waals surface area contributed by atoms with E-state index in [9.17, 15) is 9.59 Å². The first kappa shape index (κ1) is 17.8. The molecule has 2 amide bonds. The minimum atomic E-state index is -0.238. The lowest BCUT2D eigenvalue weighted by atomic mass is 10.0. The topological polar surface area (TPSA) is 82.4 Å². The van der Waals surface area contributed by atoms with Gasteiger partial charge < -0.3 is 15.0 Å². The summed E-state index contributed by atoms with van der Waals surface area (Å²) < 4.78 is 5.31. The Morgan fingerprint density at radius 3 is 2.71 bits per heavy atom. The molecule has 1 heterocycles. The molecule has 0 spiro atoms. The molecule has 1 aliphatic rings. The van der Waals surface area contributed by atoms with Crippen molar-refractivity contribution >= 4 is 11.8 Å². The monoisotopic (exact) mass is 329 g/mol. The highest BCUT2D eigenvalue weighted by Crippen LogP contribution is 2.20. The fourth-order valence-corrected chi connectivity index (χ4v) is 2.93. The molecule has 6 heteroatoms. The zero-order chi connectivity index (χ0) is 17.4. The van der Waals surface area contributed by atoms with Crippen molar-refractivity contribution in [1.82, 2.24) is 10.2 Å². The van der Waals surface area contributed by atoms with Gasteiger partial charge >= 0.3 is 0 Å². The molecule has 0 aromatic heterocycles. The van der Waals surface area contributed by atoms with Gasteiger partial charge in [-0.15, -0.1) is 0 Å². The zero-order valence-corrected chi connectivity index (χ0v) is 14.0. The van der Waals surface area contributed by atoms with Crippen LogP contribution in [-0.4, -0.2) is 43.0 Å². The van der Waals surface area contributed by atoms with Crippen LogP contribution in [0.1, 0.15) is 31.2 Å². The van der Waals surface area contributed by atoms with E-state index in [2.05, 4.69) is 5.32 Å². The highest BCUT2D eigenvalue weighted by Gasteiger charge is 2.23. The minimum Gasteiger partial charge on any atom is -0.496 e. The van der Waals surface area contributed by atoms with Crippen LogP contribution in [0.5, 0.6) is 5.75 Å². The summed E-state index contributed by atoms with van der Waals surface area (Å²) in [5.74, 6) is 0.699. The number of carbonyl (C=O) groups excluding carboxylic acids is 2. The van der Waals surface area contributed by atoms with Crippen molar-refractivity contribution in [2.45, 2.75) is 38.1 Å². The number of aryl methyl sites for hydroxylation is 1. The lowest BCUT2D eigenvalue weighted by Gasteiger charge is -2.32. The fraction of sp³-hybridized carbons (Fsp3) is 0.500. The van der Waals surface area contributed by atoms with Crippen LogP contribution >= 0.6 is 0 Å². The number of benzene rings is 1. The Labute approximate surface area is 142 Å². The summed E-state index contributed by atoms with van der Waals surface area (Å²) in [5, 5.41) is 11.3. The third-order valence-electron chi connectivity index (χ3n) is 4.25. The molecule has 0 radical (unpaired) electrons. The van der Waals surface area contributed by atoms with Gasteiger partial charge in [-0.25, -0.2) is 0 Å². The number of rotatable bonds is 6. The second-order valence-electron chi connectivity index (χ2n) is 5.87. The number of piperidine rings is 1. The van der Waals surface area contributed by atoms with Crippen LogP contribution in [0.15, 0.2) is 24.3 Å². The number of hydrogen-bond acceptors (Lipinski definition) is 4. The third-order valence-corrected chi connectivity index (χ3v) is 4.25. The Hall–Kier alpha value is -2.55. The molecular formula is C18H23N3O3. The number of hydrogen-bond donors (Lipinski definition) is 1. The molecule has 1 aromatic carbocycles. The lowest BCUT2D eigenvalue weighted by Crippen LogP contribution is -2.46. The molecule has 0 bridgehead atoms. The van der Waals surface area contributed by atoms with E-state index in [1.54, 1.807) is 7.11 Å². The number of methoxy groups -OCH3 is 1. The van der Waals surface area contributed by atoms with Gasteiger partial charge in [0.05, 0.1) is 13.2 Å². The Bertz CT molecular complexity index is 616. The third kappa shape index (κ3) is 4.98. The average molecular weight is 329 g/mol. The van der Waals surface area contributed by atoms with Crippen molar-refractivity contribution in [3.8, 4) is 11.8 Å². The second kappa shape index (κ2) is 8.92. The highest BCUT2D eigenvalue weighted by atomic mass is 16.5. The van der Waals surface area contributed by atoms with Gasteiger partial charge in [0.1, 0.15) is 12.2 Å². The molecule has 0 saturated carbocycles. The number of ether oxygens (including phenoxy) is 1. The summed E-state index contributed by atoms with van der Waals surface area (Å²) in [6.45, 7) is 1.28. The van der Waals surface area contributed by atoms with Crippen molar-refractivity contribution in [2.75, 3.05) is 20.2 Å². The maximum Gasteiger partial charge on any atom is 0.234 e. The summed E-state index contributed by atoms with van der Waals surface area (Å²) in [6.07, 6.45) is 2.46. The average Bonchev–Trinajstić information content (AvgIpc) is 2.60. The van der Waals surface area contributed by atoms with E-state index in [-0.39, 0.29) is 24.3 Å². The van der Waals surface area contributed by atoms with Gasteiger partial charge in [-0.05, 0) is 30.9 Å². The van der Waals surface area contributed by atoms with E-state index in [0.717, 1.165) is 24.2 Å². The molecule has 0 aliphatic carbocycles. The van der Waals surface area contributed by atoms with E-state index in [4.69, 9.17) is 10.00 Å². The summed E-state index contributed by atoms with van der Waals surface area (Å²) in [7, 11) is 1.63. The molecule has 1 fully saturated rings. The van der Waals surface area contributed by atoms with Gasteiger partial charge in [-0.1, -0.05) is 18.2 Å². The van der Waals surface area contributed by atoms with E-state index >= 15 is 0 Å². The highest BCUT2D eigenvalue weighted by molar-refractivity contribution is 5.78. The molecule has 2 rings (SSSR count). The molecule has 1 aliphatic heterocycles. The van der Waals surface area contributed by atoms with E-state index in [0.29, 0.717) is 25.9 Å². The first-order chi connectivity index (χ1) is 11.6. The fourth-order valence-electron chi connectivity index (χ4n) is 2.93. The Balaban J connectivity index is 1.77. The standard InChI is InChI=1S/C18H23N3O3/c1-24-16-5-3-2-4-14(16)6-7-18(23)21-12-9-15(10-13-21)20-17(22)8-11-19/h2-5,15H,6-10,12-13H2,1H3,(H,20,22). The summed E-state index contributed by atoms with van der Waals surface area (Å²) >= 11 is 0. The predicted molar refractivity (Wildman–Crippen MR) is 89.3 cm³/mol. The van der Waals surface area contributed by atoms with Crippen molar-refractivity contribution in [1.29, 1.82) is 5.26 Å². The number of likely N-dealkylation sites (tertiary alicyclic amines) is 1. The molecule has 0 atom stereocenters. The Morgan fingerprint density at radius 1 is 1.33 bits per heavy atom. The number of nitrogens with zero attached hydrogens (tertiary/aromatic N) is 2. The summed E-state index contributed by atoms with van der Waals surface area (Å²) in [5.41, 5.74) is 1.03. The zero-order valence-electron chi connectivity index (χ0n) is 14.0. The second-order valence-corrected chi connectivity index (χ2v) is 5.87. The van der Waals surface area contributed by atoms with Gasteiger partial charge in [0.25, 0.3) is 0 Å². The van der Waals surface area contributed by atoms with Gasteiger partial charge in [0.15, 0.2) is 0 Å². The predicted octanol–water partition coefficient (Wildman–Crippen LogP) is 1.65. The molecular weight excluding hydrogens is 306 g/mol.